The molecular weight excluding hydrogens is 653 g/mol. The number of rotatable bonds is 2. The van der Waals surface area contributed by atoms with Gasteiger partial charge in [-0.15, -0.1) is 0 Å². The molecule has 0 aromatic carbocycles. The molecule has 3 saturated heterocycles. The van der Waals surface area contributed by atoms with Crippen molar-refractivity contribution in [2.75, 3.05) is 18.9 Å². The fourth-order valence-corrected chi connectivity index (χ4v) is 7.26. The average Bonchev–Trinajstić information content (AvgIpc) is 3.72. The summed E-state index contributed by atoms with van der Waals surface area (Å²) in [4.78, 5) is 54.3. The van der Waals surface area contributed by atoms with Crippen molar-refractivity contribution in [2.45, 2.75) is 55.2 Å². The Bertz CT molecular complexity index is 1730. The zero-order chi connectivity index (χ0) is 31.8. The number of hydrogen-bond donors (Lipinski definition) is 6. The minimum atomic E-state index is -5.20. The van der Waals surface area contributed by atoms with Crippen LogP contribution in [0.5, 0.6) is 0 Å². The van der Waals surface area contributed by atoms with Crippen LogP contribution in [-0.4, -0.2) is 126 Å². The molecule has 3 fully saturated rings. The lowest BCUT2D eigenvalue weighted by atomic mass is 10.1. The number of guanidine groups is 1. The number of aliphatic hydroxyl groups is 1. The summed E-state index contributed by atoms with van der Waals surface area (Å²) in [6, 6.07) is -1.23. The standard InChI is InChI=1S/C20H23FN10O12P2/c21-8-6-1-38-44(34,35)42-12-7(41-18(11(12)32)30-4-26-9-14(22)24-3-25-15(9)30)2-39-45(36,37)43-13(8)19(40-6)31-5-27-10-16(31)28-20(23)29-17(10)33/h3-8,10-13,18-19,32H,1-2H2,(H,34,35)(H,36,37)(H2,22,24,25)(H2,23,29,33)/t6-,7-,8+,10?,11-,12-,13-,18-,19-/m1/s1. The van der Waals surface area contributed by atoms with Crippen molar-refractivity contribution in [2.24, 2.45) is 9.98 Å². The molecule has 7 N–H and O–H groups in total. The number of phosphoric acid groups is 2. The first-order chi connectivity index (χ1) is 21.3. The van der Waals surface area contributed by atoms with Crippen molar-refractivity contribution in [1.29, 1.82) is 5.41 Å². The van der Waals surface area contributed by atoms with Gasteiger partial charge in [-0.2, -0.15) is 4.99 Å². The largest absolute Gasteiger partial charge is 0.472 e. The van der Waals surface area contributed by atoms with Crippen LogP contribution in [0.2, 0.25) is 0 Å². The maximum Gasteiger partial charge on any atom is 0.472 e. The number of alkyl halides is 1. The monoisotopic (exact) mass is 676 g/mol. The van der Waals surface area contributed by atoms with Gasteiger partial charge in [0.25, 0.3) is 5.91 Å². The quantitative estimate of drug-likeness (QED) is 0.186. The molecule has 0 saturated carbocycles. The summed E-state index contributed by atoms with van der Waals surface area (Å²) in [5, 5.41) is 21.0. The second kappa shape index (κ2) is 10.9. The highest BCUT2D eigenvalue weighted by molar-refractivity contribution is 7.47. The predicted octanol–water partition coefficient (Wildman–Crippen LogP) is -2.08. The molecule has 1 amide bonds. The third kappa shape index (κ3) is 5.34. The van der Waals surface area contributed by atoms with Gasteiger partial charge in [0.05, 0.1) is 25.9 Å². The number of carbonyl (C=O) groups is 1. The van der Waals surface area contributed by atoms with E-state index in [1.165, 1.54) is 10.9 Å². The number of nitrogens with zero attached hydrogens (tertiary/aromatic N) is 7. The highest BCUT2D eigenvalue weighted by Crippen LogP contribution is 2.53. The van der Waals surface area contributed by atoms with Gasteiger partial charge >= 0.3 is 15.6 Å². The number of fused-ring (bicyclic) bond motifs is 5. The molecule has 0 spiro atoms. The number of nitrogen functional groups attached to an aromatic ring is 1. The molecule has 2 aromatic heterocycles. The molecule has 22 nitrogen and oxygen atoms in total. The fraction of sp³-hybridized carbons (Fsp3) is 0.550. The van der Waals surface area contributed by atoms with Gasteiger partial charge in [0, 0.05) is 0 Å². The summed E-state index contributed by atoms with van der Waals surface area (Å²) in [6.45, 7) is -1.83. The number of nitrogens with two attached hydrogens (primary N) is 1. The van der Waals surface area contributed by atoms with Crippen molar-refractivity contribution < 1.29 is 60.8 Å². The van der Waals surface area contributed by atoms with Crippen molar-refractivity contribution in [1.82, 2.24) is 29.7 Å². The number of hydrogen-bond acceptors (Lipinski definition) is 17. The van der Waals surface area contributed by atoms with Crippen molar-refractivity contribution in [3.05, 3.63) is 12.7 Å². The van der Waals surface area contributed by atoms with E-state index in [0.29, 0.717) is 0 Å². The lowest BCUT2D eigenvalue weighted by Crippen LogP contribution is -2.53. The number of aliphatic hydroxyl groups excluding tert-OH is 1. The Balaban J connectivity index is 1.17. The van der Waals surface area contributed by atoms with Crippen LogP contribution in [0, 0.1) is 5.41 Å². The molecule has 2 bridgehead atoms. The van der Waals surface area contributed by atoms with Gasteiger partial charge in [-0.05, 0) is 0 Å². The van der Waals surface area contributed by atoms with Crippen LogP contribution in [-0.2, 0) is 41.5 Å². The number of imidazole rings is 1. The second-order valence-corrected chi connectivity index (χ2v) is 13.0. The van der Waals surface area contributed by atoms with Crippen LogP contribution in [0.1, 0.15) is 6.23 Å². The van der Waals surface area contributed by atoms with Gasteiger partial charge in [-0.1, -0.05) is 0 Å². The molecule has 0 aliphatic carbocycles. The van der Waals surface area contributed by atoms with Crippen LogP contribution in [0.25, 0.3) is 11.2 Å². The van der Waals surface area contributed by atoms with Gasteiger partial charge in [0.2, 0.25) is 5.96 Å². The molecule has 25 heteroatoms. The molecule has 5 aliphatic rings. The van der Waals surface area contributed by atoms with E-state index < -0.39 is 95.9 Å². The molecule has 3 unspecified atom stereocenters. The number of aromatic nitrogens is 4. The van der Waals surface area contributed by atoms with E-state index in [1.807, 2.05) is 0 Å². The minimum Gasteiger partial charge on any atom is -0.386 e. The highest BCUT2D eigenvalue weighted by atomic mass is 31.2. The van der Waals surface area contributed by atoms with Crippen molar-refractivity contribution >= 4 is 56.7 Å². The molecule has 45 heavy (non-hydrogen) atoms. The number of phosphoric ester groups is 2. The van der Waals surface area contributed by atoms with E-state index in [4.69, 9.17) is 38.7 Å². The first-order valence-corrected chi connectivity index (χ1v) is 16.0. The Kier molecular flexibility index (Phi) is 7.33. The normalized spacial score (nSPS) is 42.0. The summed E-state index contributed by atoms with van der Waals surface area (Å²) in [5.41, 5.74) is 6.10. The Labute approximate surface area is 249 Å². The van der Waals surface area contributed by atoms with Crippen molar-refractivity contribution in [3.63, 3.8) is 0 Å². The van der Waals surface area contributed by atoms with Crippen LogP contribution < -0.4 is 11.1 Å². The molecule has 5 aliphatic heterocycles. The zero-order valence-electron chi connectivity index (χ0n) is 22.3. The number of halogens is 1. The first-order valence-electron chi connectivity index (χ1n) is 13.0. The number of ether oxygens (including phenoxy) is 2. The van der Waals surface area contributed by atoms with Crippen LogP contribution in [0.4, 0.5) is 10.2 Å². The Morgan fingerprint density at radius 2 is 1.73 bits per heavy atom. The number of carbonyl (C=O) groups excluding carboxylic acids is 1. The van der Waals surface area contributed by atoms with Crippen LogP contribution in [0.3, 0.4) is 0 Å². The molecule has 7 heterocycles. The summed E-state index contributed by atoms with van der Waals surface area (Å²) in [5.74, 6) is -1.40. The van der Waals surface area contributed by atoms with E-state index in [1.54, 1.807) is 0 Å². The van der Waals surface area contributed by atoms with Gasteiger partial charge in [0.15, 0.2) is 42.0 Å². The average molecular weight is 676 g/mol. The zero-order valence-corrected chi connectivity index (χ0v) is 24.1. The summed E-state index contributed by atoms with van der Waals surface area (Å²) < 4.78 is 75.0. The van der Waals surface area contributed by atoms with E-state index in [0.717, 1.165) is 17.6 Å². The van der Waals surface area contributed by atoms with Gasteiger partial charge in [-0.25, -0.2) is 28.5 Å². The maximum atomic E-state index is 15.7. The smallest absolute Gasteiger partial charge is 0.386 e. The predicted molar refractivity (Wildman–Crippen MR) is 142 cm³/mol. The Morgan fingerprint density at radius 3 is 2.49 bits per heavy atom. The highest BCUT2D eigenvalue weighted by Gasteiger charge is 2.56. The van der Waals surface area contributed by atoms with Crippen LogP contribution in [0.15, 0.2) is 22.6 Å². The second-order valence-electron chi connectivity index (χ2n) is 10.2. The fourth-order valence-electron chi connectivity index (χ4n) is 5.37. The van der Waals surface area contributed by atoms with E-state index in [9.17, 15) is 28.8 Å². The van der Waals surface area contributed by atoms with Gasteiger partial charge < -0.3 is 30.1 Å². The van der Waals surface area contributed by atoms with E-state index in [-0.39, 0.29) is 22.8 Å². The SMILES string of the molecule is N=C1N=C2C(N=CN2[C@@H]2O[C@@H]3COP(=O)(O)O[C@H]4[C@@H](O)[C@H](n5cnc6c(N)ncnc65)O[C@@H]4COP(=O)(O)O[C@@H]2[C@H]3F)C(=O)N1. The number of amides is 1. The van der Waals surface area contributed by atoms with Crippen molar-refractivity contribution in [3.8, 4) is 0 Å². The molecule has 11 atom stereocenters. The van der Waals surface area contributed by atoms with Gasteiger partial charge in [-0.3, -0.25) is 48.1 Å². The number of anilines is 1. The first kappa shape index (κ1) is 30.3. The van der Waals surface area contributed by atoms with E-state index >= 15 is 4.39 Å². The lowest BCUT2D eigenvalue weighted by Gasteiger charge is -2.30. The minimum absolute atomic E-state index is 0.0223. The van der Waals surface area contributed by atoms with E-state index in [2.05, 4.69) is 30.3 Å². The number of amidine groups is 1. The van der Waals surface area contributed by atoms with Crippen LogP contribution >= 0.6 is 15.6 Å². The summed E-state index contributed by atoms with van der Waals surface area (Å²) in [7, 11) is -10.3. The molecule has 2 aromatic rings. The Hall–Kier alpha value is -3.34. The topological polar surface area (TPSA) is 301 Å². The lowest BCUT2D eigenvalue weighted by molar-refractivity contribution is -0.119. The third-order valence-electron chi connectivity index (χ3n) is 7.39. The molecule has 242 valence electrons. The number of aliphatic imine (C=N–C) groups is 2. The summed E-state index contributed by atoms with van der Waals surface area (Å²) in [6.07, 6.45) is -10.5. The maximum absolute atomic E-state index is 15.7. The van der Waals surface area contributed by atoms with Gasteiger partial charge in [0.1, 0.15) is 42.4 Å². The molecule has 0 radical (unpaired) electrons. The molecule has 7 rings (SSSR count). The molecular formula is C20H23FN10O12P2. The Morgan fingerprint density at radius 1 is 1.04 bits per heavy atom. The third-order valence-corrected chi connectivity index (χ3v) is 9.36. The summed E-state index contributed by atoms with van der Waals surface area (Å²) >= 11 is 0. The number of nitrogens with one attached hydrogen (secondary N) is 2.